The number of phenolic OH excluding ortho intramolecular Hbond substituents is 1. The van der Waals surface area contributed by atoms with Gasteiger partial charge in [-0.1, -0.05) is 47.5 Å². The molecule has 0 bridgehead atoms. The van der Waals surface area contributed by atoms with Crippen molar-refractivity contribution in [2.75, 3.05) is 0 Å². The van der Waals surface area contributed by atoms with E-state index in [2.05, 4.69) is 0 Å². The van der Waals surface area contributed by atoms with Crippen LogP contribution in [0, 0.1) is 0 Å². The van der Waals surface area contributed by atoms with E-state index in [1.165, 1.54) is 6.07 Å². The maximum absolute atomic E-state index is 11.8. The molecule has 5 heteroatoms. The zero-order valence-corrected chi connectivity index (χ0v) is 11.3. The average Bonchev–Trinajstić information content (AvgIpc) is 2.37. The summed E-state index contributed by atoms with van der Waals surface area (Å²) in [6.07, 6.45) is -0.0613. The molecule has 0 aliphatic carbocycles. The van der Waals surface area contributed by atoms with Crippen LogP contribution in [0.1, 0.15) is 5.56 Å². The van der Waals surface area contributed by atoms with Gasteiger partial charge in [-0.15, -0.1) is 0 Å². The molecule has 0 heterocycles. The van der Waals surface area contributed by atoms with E-state index in [0.29, 0.717) is 5.56 Å². The summed E-state index contributed by atoms with van der Waals surface area (Å²) in [5.41, 5.74) is 0.482. The van der Waals surface area contributed by atoms with Crippen LogP contribution >= 0.6 is 23.2 Å². The molecule has 2 rings (SSSR count). The van der Waals surface area contributed by atoms with Crippen LogP contribution in [-0.4, -0.2) is 11.1 Å². The summed E-state index contributed by atoms with van der Waals surface area (Å²) in [5, 5.41) is 10.1. The molecule has 0 aliphatic rings. The second kappa shape index (κ2) is 5.95. The summed E-state index contributed by atoms with van der Waals surface area (Å²) in [5.74, 6) is -0.368. The zero-order valence-electron chi connectivity index (χ0n) is 9.77. The maximum Gasteiger partial charge on any atom is 0.315 e. The third kappa shape index (κ3) is 3.40. The van der Waals surface area contributed by atoms with Crippen molar-refractivity contribution in [2.45, 2.75) is 6.42 Å². The predicted molar refractivity (Wildman–Crippen MR) is 73.9 cm³/mol. The minimum absolute atomic E-state index is 0.0460. The Morgan fingerprint density at radius 3 is 2.32 bits per heavy atom. The third-order valence-electron chi connectivity index (χ3n) is 2.46. The van der Waals surface area contributed by atoms with E-state index < -0.39 is 5.97 Å². The Labute approximate surface area is 120 Å². The molecular weight excluding hydrogens is 287 g/mol. The largest absolute Gasteiger partial charge is 0.508 e. The fourth-order valence-corrected chi connectivity index (χ4v) is 2.02. The summed E-state index contributed by atoms with van der Waals surface area (Å²) in [6.45, 7) is 0. The van der Waals surface area contributed by atoms with Crippen molar-refractivity contribution in [3.8, 4) is 11.5 Å². The molecule has 3 nitrogen and oxygen atoms in total. The molecule has 0 spiro atoms. The number of halogens is 2. The molecule has 2 aromatic rings. The number of para-hydroxylation sites is 2. The molecule has 19 heavy (non-hydrogen) atoms. The van der Waals surface area contributed by atoms with E-state index in [1.807, 2.05) is 0 Å². The summed E-state index contributed by atoms with van der Waals surface area (Å²) in [4.78, 5) is 11.8. The van der Waals surface area contributed by atoms with Gasteiger partial charge in [-0.2, -0.15) is 0 Å². The highest BCUT2D eigenvalue weighted by Gasteiger charge is 2.14. The molecule has 2 aromatic carbocycles. The van der Waals surface area contributed by atoms with Gasteiger partial charge in [-0.05, 0) is 18.2 Å². The van der Waals surface area contributed by atoms with Gasteiger partial charge in [-0.3, -0.25) is 4.79 Å². The van der Waals surface area contributed by atoms with Crippen molar-refractivity contribution in [3.05, 3.63) is 58.1 Å². The molecule has 0 saturated heterocycles. The van der Waals surface area contributed by atoms with Crippen LogP contribution in [-0.2, 0) is 11.2 Å². The zero-order chi connectivity index (χ0) is 13.8. The van der Waals surface area contributed by atoms with Crippen molar-refractivity contribution in [2.24, 2.45) is 0 Å². The molecule has 1 N–H and O–H groups in total. The Kier molecular flexibility index (Phi) is 4.30. The minimum Gasteiger partial charge on any atom is -0.508 e. The van der Waals surface area contributed by atoms with E-state index in [1.54, 1.807) is 36.4 Å². The molecule has 0 saturated carbocycles. The number of carbonyl (C=O) groups excluding carboxylic acids is 1. The van der Waals surface area contributed by atoms with Gasteiger partial charge < -0.3 is 9.84 Å². The van der Waals surface area contributed by atoms with Crippen molar-refractivity contribution in [1.29, 1.82) is 0 Å². The van der Waals surface area contributed by atoms with Crippen LogP contribution in [0.15, 0.2) is 42.5 Å². The first-order chi connectivity index (χ1) is 9.08. The predicted octanol–water partition coefficient (Wildman–Crippen LogP) is 3.85. The van der Waals surface area contributed by atoms with Crippen LogP contribution in [0.25, 0.3) is 0 Å². The number of aromatic hydroxyl groups is 1. The Bertz CT molecular complexity index is 591. The van der Waals surface area contributed by atoms with E-state index in [4.69, 9.17) is 27.9 Å². The lowest BCUT2D eigenvalue weighted by atomic mass is 10.1. The van der Waals surface area contributed by atoms with Gasteiger partial charge in [0.1, 0.15) is 5.75 Å². The van der Waals surface area contributed by atoms with Gasteiger partial charge in [0.25, 0.3) is 0 Å². The number of hydrogen-bond acceptors (Lipinski definition) is 3. The van der Waals surface area contributed by atoms with Crippen LogP contribution in [0.5, 0.6) is 11.5 Å². The third-order valence-corrected chi connectivity index (χ3v) is 3.06. The molecule has 0 fully saturated rings. The molecule has 0 aliphatic heterocycles. The first kappa shape index (κ1) is 13.7. The molecule has 0 atom stereocenters. The SMILES string of the molecule is O=C(Cc1ccccc1O)Oc1c(Cl)cccc1Cl. The molecule has 0 radical (unpaired) electrons. The first-order valence-electron chi connectivity index (χ1n) is 5.49. The summed E-state index contributed by atoms with van der Waals surface area (Å²) < 4.78 is 5.12. The number of carbonyl (C=O) groups is 1. The average molecular weight is 297 g/mol. The lowest BCUT2D eigenvalue weighted by Crippen LogP contribution is -2.11. The number of hydrogen-bond donors (Lipinski definition) is 1. The van der Waals surface area contributed by atoms with Crippen LogP contribution in [0.3, 0.4) is 0 Å². The summed E-state index contributed by atoms with van der Waals surface area (Å²) >= 11 is 11.8. The first-order valence-corrected chi connectivity index (χ1v) is 6.25. The molecule has 0 aromatic heterocycles. The fraction of sp³-hybridized carbons (Fsp3) is 0.0714. The van der Waals surface area contributed by atoms with Crippen molar-refractivity contribution < 1.29 is 14.6 Å². The Morgan fingerprint density at radius 2 is 1.68 bits per heavy atom. The maximum atomic E-state index is 11.8. The molecule has 0 amide bonds. The van der Waals surface area contributed by atoms with Gasteiger partial charge in [0.05, 0.1) is 16.5 Å². The topological polar surface area (TPSA) is 46.5 Å². The van der Waals surface area contributed by atoms with Gasteiger partial charge in [0.15, 0.2) is 5.75 Å². The van der Waals surface area contributed by atoms with E-state index in [-0.39, 0.29) is 28.0 Å². The van der Waals surface area contributed by atoms with Gasteiger partial charge >= 0.3 is 5.97 Å². The highest BCUT2D eigenvalue weighted by Crippen LogP contribution is 2.32. The van der Waals surface area contributed by atoms with Crippen LogP contribution in [0.4, 0.5) is 0 Å². The Balaban J connectivity index is 2.12. The van der Waals surface area contributed by atoms with Crippen molar-refractivity contribution in [1.82, 2.24) is 0 Å². The highest BCUT2D eigenvalue weighted by molar-refractivity contribution is 6.37. The van der Waals surface area contributed by atoms with Gasteiger partial charge in [0, 0.05) is 5.56 Å². The lowest BCUT2D eigenvalue weighted by Gasteiger charge is -2.08. The second-order valence-corrected chi connectivity index (χ2v) is 4.64. The molecule has 0 unspecified atom stereocenters. The van der Waals surface area contributed by atoms with Crippen LogP contribution in [0.2, 0.25) is 10.0 Å². The quantitative estimate of drug-likeness (QED) is 0.691. The minimum atomic E-state index is -0.545. The highest BCUT2D eigenvalue weighted by atomic mass is 35.5. The smallest absolute Gasteiger partial charge is 0.315 e. The van der Waals surface area contributed by atoms with Gasteiger partial charge in [-0.25, -0.2) is 0 Å². The van der Waals surface area contributed by atoms with Gasteiger partial charge in [0.2, 0.25) is 0 Å². The summed E-state index contributed by atoms with van der Waals surface area (Å²) in [6, 6.07) is 11.4. The normalized spacial score (nSPS) is 10.2. The molecule has 98 valence electrons. The van der Waals surface area contributed by atoms with Crippen LogP contribution < -0.4 is 4.74 Å². The number of esters is 1. The second-order valence-electron chi connectivity index (χ2n) is 3.83. The standard InChI is InChI=1S/C14H10Cl2O3/c15-10-5-3-6-11(16)14(10)19-13(18)8-9-4-1-2-7-12(9)17/h1-7,17H,8H2. The molecular formula is C14H10Cl2O3. The van der Waals surface area contributed by atoms with E-state index >= 15 is 0 Å². The van der Waals surface area contributed by atoms with E-state index in [9.17, 15) is 9.90 Å². The number of rotatable bonds is 3. The summed E-state index contributed by atoms with van der Waals surface area (Å²) in [7, 11) is 0. The fourth-order valence-electron chi connectivity index (χ4n) is 1.55. The van der Waals surface area contributed by atoms with Crippen molar-refractivity contribution in [3.63, 3.8) is 0 Å². The number of phenols is 1. The van der Waals surface area contributed by atoms with Crippen molar-refractivity contribution >= 4 is 29.2 Å². The Hall–Kier alpha value is -1.71. The number of ether oxygens (including phenoxy) is 1. The van der Waals surface area contributed by atoms with E-state index in [0.717, 1.165) is 0 Å². The Morgan fingerprint density at radius 1 is 1.05 bits per heavy atom. The monoisotopic (exact) mass is 296 g/mol. The number of benzene rings is 2. The lowest BCUT2D eigenvalue weighted by molar-refractivity contribution is -0.133.